The van der Waals surface area contributed by atoms with Crippen LogP contribution in [-0.4, -0.2) is 53.8 Å². The molecule has 9 nitrogen and oxygen atoms in total. The van der Waals surface area contributed by atoms with Gasteiger partial charge in [0.25, 0.3) is 0 Å². The average molecular weight is 369 g/mol. The minimum Gasteiger partial charge on any atom is -0.346 e. The lowest BCUT2D eigenvalue weighted by atomic mass is 10.2. The predicted octanol–water partition coefficient (Wildman–Crippen LogP) is -0.166. The quantitative estimate of drug-likeness (QED) is 0.433. The lowest BCUT2D eigenvalue weighted by Crippen LogP contribution is -2.41. The number of amides is 2. The van der Waals surface area contributed by atoms with Crippen LogP contribution in [0.1, 0.15) is 43.3 Å². The van der Waals surface area contributed by atoms with Crippen LogP contribution in [0.4, 0.5) is 0 Å². The van der Waals surface area contributed by atoms with E-state index in [1.165, 1.54) is 6.21 Å². The van der Waals surface area contributed by atoms with Gasteiger partial charge in [-0.2, -0.15) is 10.2 Å². The number of hydrogen-bond donors (Lipinski definition) is 2. The third-order valence-corrected chi connectivity index (χ3v) is 5.67. The lowest BCUT2D eigenvalue weighted by Gasteiger charge is -2.10. The number of hydrazone groups is 1. The fourth-order valence-electron chi connectivity index (χ4n) is 2.72. The zero-order chi connectivity index (χ0) is 18.8. The maximum absolute atomic E-state index is 11.7. The molecule has 1 saturated heterocycles. The molecule has 25 heavy (non-hydrogen) atoms. The van der Waals surface area contributed by atoms with Gasteiger partial charge in [-0.25, -0.2) is 13.8 Å². The smallest absolute Gasteiger partial charge is 0.329 e. The Bertz CT molecular complexity index is 810. The van der Waals surface area contributed by atoms with Crippen LogP contribution in [0.3, 0.4) is 0 Å². The van der Waals surface area contributed by atoms with Crippen LogP contribution in [0, 0.1) is 13.8 Å². The van der Waals surface area contributed by atoms with Crippen LogP contribution in [0.2, 0.25) is 0 Å². The molecule has 2 N–H and O–H groups in total. The monoisotopic (exact) mass is 369 g/mol. The van der Waals surface area contributed by atoms with Crippen molar-refractivity contribution < 1.29 is 18.0 Å². The highest BCUT2D eigenvalue weighted by Crippen LogP contribution is 2.26. The molecule has 0 spiro atoms. The molecule has 0 radical (unpaired) electrons. The number of nitrogens with one attached hydrogen (secondary N) is 2. The first-order valence-electron chi connectivity index (χ1n) is 8.00. The van der Waals surface area contributed by atoms with Gasteiger partial charge in [0.2, 0.25) is 0 Å². The Hall–Kier alpha value is -2.23. The number of sulfone groups is 1. The Morgan fingerprint density at radius 1 is 1.32 bits per heavy atom. The van der Waals surface area contributed by atoms with Crippen LogP contribution >= 0.6 is 0 Å². The molecule has 2 amide bonds. The van der Waals surface area contributed by atoms with E-state index in [1.807, 2.05) is 6.92 Å². The first-order valence-corrected chi connectivity index (χ1v) is 9.83. The SMILES string of the molecule is Cc1nn([C@@H]2CCS(=O)(=O)C2)c(C)c1/C=N\NC(=O)C(=O)NC(C)C. The van der Waals surface area contributed by atoms with Gasteiger partial charge in [-0.15, -0.1) is 0 Å². The molecule has 138 valence electrons. The largest absolute Gasteiger partial charge is 0.346 e. The van der Waals surface area contributed by atoms with Crippen LogP contribution in [-0.2, 0) is 19.4 Å². The second-order valence-corrected chi connectivity index (χ2v) is 8.64. The van der Waals surface area contributed by atoms with Crippen LogP contribution in [0.15, 0.2) is 5.10 Å². The Morgan fingerprint density at radius 3 is 2.56 bits per heavy atom. The molecule has 2 rings (SSSR count). The summed E-state index contributed by atoms with van der Waals surface area (Å²) in [6, 6.07) is -0.329. The van der Waals surface area contributed by atoms with Crippen molar-refractivity contribution >= 4 is 27.9 Å². The van der Waals surface area contributed by atoms with E-state index in [-0.39, 0.29) is 23.6 Å². The van der Waals surface area contributed by atoms with Crippen LogP contribution in [0.5, 0.6) is 0 Å². The van der Waals surface area contributed by atoms with E-state index in [9.17, 15) is 18.0 Å². The van der Waals surface area contributed by atoms with Crippen molar-refractivity contribution in [3.05, 3.63) is 17.0 Å². The standard InChI is InChI=1S/C15H23N5O4S/c1-9(2)17-14(21)15(22)18-16-7-13-10(3)19-20(11(13)4)12-5-6-25(23,24)8-12/h7,9,12H,5-6,8H2,1-4H3,(H,17,21)(H,18,22)/b16-7-/t12-/m1/s1. The van der Waals surface area contributed by atoms with Crippen molar-refractivity contribution in [1.82, 2.24) is 20.5 Å². The number of rotatable bonds is 4. The summed E-state index contributed by atoms with van der Waals surface area (Å²) in [6.45, 7) is 7.10. The molecule has 0 saturated carbocycles. The molecule has 1 aromatic heterocycles. The van der Waals surface area contributed by atoms with Gasteiger partial charge in [0.15, 0.2) is 9.84 Å². The summed E-state index contributed by atoms with van der Waals surface area (Å²) >= 11 is 0. The van der Waals surface area contributed by atoms with E-state index in [1.54, 1.807) is 25.5 Å². The zero-order valence-corrected chi connectivity index (χ0v) is 15.6. The van der Waals surface area contributed by atoms with Crippen molar-refractivity contribution in [2.75, 3.05) is 11.5 Å². The van der Waals surface area contributed by atoms with Gasteiger partial charge < -0.3 is 5.32 Å². The highest BCUT2D eigenvalue weighted by molar-refractivity contribution is 7.91. The van der Waals surface area contributed by atoms with E-state index in [4.69, 9.17) is 0 Å². The molecule has 1 aliphatic heterocycles. The van der Waals surface area contributed by atoms with Crippen molar-refractivity contribution in [2.24, 2.45) is 5.10 Å². The highest BCUT2D eigenvalue weighted by atomic mass is 32.2. The second kappa shape index (κ2) is 7.34. The summed E-state index contributed by atoms with van der Waals surface area (Å²) in [5, 5.41) is 10.7. The molecule has 0 aromatic carbocycles. The topological polar surface area (TPSA) is 123 Å². The average Bonchev–Trinajstić information content (AvgIpc) is 2.99. The molecule has 1 fully saturated rings. The maximum atomic E-state index is 11.7. The number of aromatic nitrogens is 2. The van der Waals surface area contributed by atoms with Crippen molar-refractivity contribution in [3.63, 3.8) is 0 Å². The minimum absolute atomic E-state index is 0.0810. The number of carbonyl (C=O) groups is 2. The first kappa shape index (κ1) is 19.1. The third-order valence-electron chi connectivity index (χ3n) is 3.92. The molecule has 1 aromatic rings. The van der Waals surface area contributed by atoms with Gasteiger partial charge in [0.1, 0.15) is 0 Å². The molecule has 1 atom stereocenters. The van der Waals surface area contributed by atoms with Gasteiger partial charge in [-0.3, -0.25) is 14.3 Å². The molecule has 0 aliphatic carbocycles. The molecule has 1 aliphatic rings. The van der Waals surface area contributed by atoms with Crippen molar-refractivity contribution in [2.45, 2.75) is 46.2 Å². The zero-order valence-electron chi connectivity index (χ0n) is 14.7. The van der Waals surface area contributed by atoms with Crippen molar-refractivity contribution in [1.29, 1.82) is 0 Å². The minimum atomic E-state index is -3.01. The second-order valence-electron chi connectivity index (χ2n) is 6.41. The summed E-state index contributed by atoms with van der Waals surface area (Å²) in [5.41, 5.74) is 4.30. The van der Waals surface area contributed by atoms with Gasteiger partial charge in [0, 0.05) is 17.3 Å². The summed E-state index contributed by atoms with van der Waals surface area (Å²) < 4.78 is 25.0. The van der Waals surface area contributed by atoms with E-state index in [0.29, 0.717) is 17.7 Å². The highest BCUT2D eigenvalue weighted by Gasteiger charge is 2.31. The molecular weight excluding hydrogens is 346 g/mol. The molecule has 10 heteroatoms. The predicted molar refractivity (Wildman–Crippen MR) is 93.0 cm³/mol. The Kier molecular flexibility index (Phi) is 5.61. The third kappa shape index (κ3) is 4.65. The van der Waals surface area contributed by atoms with E-state index < -0.39 is 21.7 Å². The van der Waals surface area contributed by atoms with Gasteiger partial charge in [-0.1, -0.05) is 0 Å². The Labute approximate surface area is 146 Å². The van der Waals surface area contributed by atoms with Gasteiger partial charge >= 0.3 is 11.8 Å². The first-order chi connectivity index (χ1) is 11.6. The summed E-state index contributed by atoms with van der Waals surface area (Å²) in [6.07, 6.45) is 1.95. The van der Waals surface area contributed by atoms with Gasteiger partial charge in [-0.05, 0) is 34.1 Å². The Morgan fingerprint density at radius 2 is 2.00 bits per heavy atom. The molecule has 0 bridgehead atoms. The van der Waals surface area contributed by atoms with Crippen molar-refractivity contribution in [3.8, 4) is 0 Å². The van der Waals surface area contributed by atoms with E-state index in [0.717, 1.165) is 5.69 Å². The van der Waals surface area contributed by atoms with Crippen LogP contribution in [0.25, 0.3) is 0 Å². The summed E-state index contributed by atoms with van der Waals surface area (Å²) in [4.78, 5) is 23.1. The molecule has 0 unspecified atom stereocenters. The fraction of sp³-hybridized carbons (Fsp3) is 0.600. The van der Waals surface area contributed by atoms with Gasteiger partial charge in [0.05, 0.1) is 29.5 Å². The maximum Gasteiger partial charge on any atom is 0.329 e. The Balaban J connectivity index is 2.08. The number of aryl methyl sites for hydroxylation is 1. The van der Waals surface area contributed by atoms with E-state index in [2.05, 4.69) is 20.9 Å². The lowest BCUT2D eigenvalue weighted by molar-refractivity contribution is -0.139. The molecule has 2 heterocycles. The number of carbonyl (C=O) groups excluding carboxylic acids is 2. The van der Waals surface area contributed by atoms with E-state index >= 15 is 0 Å². The number of nitrogens with zero attached hydrogens (tertiary/aromatic N) is 3. The summed E-state index contributed by atoms with van der Waals surface area (Å²) in [7, 11) is -3.01. The molecular formula is C15H23N5O4S. The number of hydrogen-bond acceptors (Lipinski definition) is 6. The summed E-state index contributed by atoms with van der Waals surface area (Å²) in [5.74, 6) is -1.36. The normalized spacial score (nSPS) is 19.5. The fourth-order valence-corrected chi connectivity index (χ4v) is 4.41. The van der Waals surface area contributed by atoms with Crippen LogP contribution < -0.4 is 10.7 Å².